The summed E-state index contributed by atoms with van der Waals surface area (Å²) in [6, 6.07) is 5.38. The first kappa shape index (κ1) is 9.96. The maximum atomic E-state index is 9.32. The van der Waals surface area contributed by atoms with Gasteiger partial charge in [0.1, 0.15) is 5.75 Å². The monoisotopic (exact) mass is 230 g/mol. The van der Waals surface area contributed by atoms with E-state index in [1.54, 1.807) is 12.1 Å². The van der Waals surface area contributed by atoms with Crippen LogP contribution in [0.3, 0.4) is 0 Å². The van der Waals surface area contributed by atoms with Gasteiger partial charge < -0.3 is 10.0 Å². The number of benzene rings is 1. The Bertz CT molecular complexity index is 335. The highest BCUT2D eigenvalue weighted by Crippen LogP contribution is 2.34. The number of rotatable bonds is 2. The molecular formula is C9H11ClN2OS. The Balaban J connectivity index is 2.30. The molecule has 0 aromatic heterocycles. The van der Waals surface area contributed by atoms with Crippen LogP contribution in [0.4, 0.5) is 5.69 Å². The van der Waals surface area contributed by atoms with Crippen LogP contribution in [0.25, 0.3) is 0 Å². The summed E-state index contributed by atoms with van der Waals surface area (Å²) < 4.78 is 3.18. The van der Waals surface area contributed by atoms with Gasteiger partial charge in [-0.25, -0.2) is 4.72 Å². The molecule has 0 aliphatic carbocycles. The third kappa shape index (κ3) is 1.92. The zero-order chi connectivity index (χ0) is 9.97. The van der Waals surface area contributed by atoms with E-state index in [4.69, 9.17) is 11.6 Å². The van der Waals surface area contributed by atoms with Gasteiger partial charge >= 0.3 is 0 Å². The molecule has 1 heterocycles. The van der Waals surface area contributed by atoms with Crippen LogP contribution in [0.15, 0.2) is 23.1 Å². The second-order valence-corrected chi connectivity index (χ2v) is 4.32. The topological polar surface area (TPSA) is 35.5 Å². The number of anilines is 1. The highest BCUT2D eigenvalue weighted by molar-refractivity contribution is 7.97. The summed E-state index contributed by atoms with van der Waals surface area (Å²) in [7, 11) is 0. The minimum absolute atomic E-state index is 0.297. The molecule has 14 heavy (non-hydrogen) atoms. The van der Waals surface area contributed by atoms with Gasteiger partial charge in [0.2, 0.25) is 0 Å². The van der Waals surface area contributed by atoms with E-state index in [9.17, 15) is 5.11 Å². The molecule has 5 heteroatoms. The number of phenolic OH excluding ortho intramolecular Hbond substituents is 1. The molecule has 76 valence electrons. The Kier molecular flexibility index (Phi) is 3.05. The van der Waals surface area contributed by atoms with Gasteiger partial charge in [-0.2, -0.15) is 0 Å². The van der Waals surface area contributed by atoms with Crippen LogP contribution in [-0.2, 0) is 0 Å². The van der Waals surface area contributed by atoms with E-state index in [0.717, 1.165) is 23.8 Å². The van der Waals surface area contributed by atoms with Gasteiger partial charge in [0.15, 0.2) is 0 Å². The van der Waals surface area contributed by atoms with Crippen molar-refractivity contribution in [3.05, 3.63) is 18.2 Å². The normalized spacial score (nSPS) is 15.4. The molecule has 2 N–H and O–H groups in total. The SMILES string of the molecule is Oc1ccc2c(c1)SNCN2CCCl. The van der Waals surface area contributed by atoms with Gasteiger partial charge in [-0.05, 0) is 30.1 Å². The highest BCUT2D eigenvalue weighted by Gasteiger charge is 2.16. The standard InChI is InChI=1S/C9H11ClN2OS/c10-3-4-12-6-11-14-9-5-7(13)1-2-8(9)12/h1-2,5,11,13H,3-4,6H2. The first-order chi connectivity index (χ1) is 6.81. The minimum Gasteiger partial charge on any atom is -0.508 e. The second kappa shape index (κ2) is 4.29. The van der Waals surface area contributed by atoms with Crippen LogP contribution in [0, 0.1) is 0 Å². The molecule has 0 atom stereocenters. The number of halogens is 1. The average molecular weight is 231 g/mol. The Hall–Kier alpha value is -0.580. The summed E-state index contributed by atoms with van der Waals surface area (Å²) in [5, 5.41) is 9.32. The Morgan fingerprint density at radius 3 is 3.21 bits per heavy atom. The molecule has 0 fully saturated rings. The van der Waals surface area contributed by atoms with Gasteiger partial charge in [0, 0.05) is 17.3 Å². The van der Waals surface area contributed by atoms with Crippen LogP contribution in [-0.4, -0.2) is 24.2 Å². The number of nitrogens with zero attached hydrogens (tertiary/aromatic N) is 1. The van der Waals surface area contributed by atoms with Crippen LogP contribution < -0.4 is 9.62 Å². The lowest BCUT2D eigenvalue weighted by Gasteiger charge is -2.30. The van der Waals surface area contributed by atoms with E-state index in [1.165, 1.54) is 11.9 Å². The molecule has 0 radical (unpaired) electrons. The molecule has 0 spiro atoms. The van der Waals surface area contributed by atoms with E-state index in [1.807, 2.05) is 6.07 Å². The highest BCUT2D eigenvalue weighted by atomic mass is 35.5. The molecule has 0 saturated carbocycles. The van der Waals surface area contributed by atoms with E-state index >= 15 is 0 Å². The average Bonchev–Trinajstić information content (AvgIpc) is 2.18. The second-order valence-electron chi connectivity index (χ2n) is 3.01. The maximum absolute atomic E-state index is 9.32. The summed E-state index contributed by atoms with van der Waals surface area (Å²) in [4.78, 5) is 3.19. The number of hydrogen-bond donors (Lipinski definition) is 2. The predicted molar refractivity (Wildman–Crippen MR) is 60.0 cm³/mol. The molecule has 2 rings (SSSR count). The van der Waals surface area contributed by atoms with Gasteiger partial charge in [0.25, 0.3) is 0 Å². The van der Waals surface area contributed by atoms with Crippen molar-refractivity contribution in [3.63, 3.8) is 0 Å². The quantitative estimate of drug-likeness (QED) is 0.602. The van der Waals surface area contributed by atoms with Crippen LogP contribution in [0.1, 0.15) is 0 Å². The summed E-state index contributed by atoms with van der Waals surface area (Å²) in [5.41, 5.74) is 1.13. The van der Waals surface area contributed by atoms with E-state index < -0.39 is 0 Å². The van der Waals surface area contributed by atoms with Crippen LogP contribution in [0.5, 0.6) is 5.75 Å². The van der Waals surface area contributed by atoms with E-state index in [2.05, 4.69) is 9.62 Å². The van der Waals surface area contributed by atoms with Crippen molar-refractivity contribution < 1.29 is 5.11 Å². The number of phenols is 1. The zero-order valence-corrected chi connectivity index (χ0v) is 9.11. The lowest BCUT2D eigenvalue weighted by Crippen LogP contribution is -2.36. The summed E-state index contributed by atoms with van der Waals surface area (Å²) in [5.74, 6) is 0.901. The fourth-order valence-electron chi connectivity index (χ4n) is 1.42. The largest absolute Gasteiger partial charge is 0.508 e. The van der Waals surface area contributed by atoms with E-state index in [-0.39, 0.29) is 0 Å². The summed E-state index contributed by atoms with van der Waals surface area (Å²) in [6.07, 6.45) is 0. The first-order valence-electron chi connectivity index (χ1n) is 4.35. The minimum atomic E-state index is 0.297. The molecule has 1 aliphatic rings. The van der Waals surface area contributed by atoms with Gasteiger partial charge in [-0.3, -0.25) is 0 Å². The van der Waals surface area contributed by atoms with Crippen molar-refractivity contribution in [3.8, 4) is 5.75 Å². The third-order valence-corrected chi connectivity index (χ3v) is 3.07. The fourth-order valence-corrected chi connectivity index (χ4v) is 2.48. The molecule has 0 amide bonds. The molecule has 0 bridgehead atoms. The van der Waals surface area contributed by atoms with Crippen molar-refractivity contribution in [2.24, 2.45) is 0 Å². The van der Waals surface area contributed by atoms with Gasteiger partial charge in [-0.1, -0.05) is 0 Å². The molecular weight excluding hydrogens is 220 g/mol. The molecule has 0 saturated heterocycles. The fraction of sp³-hybridized carbons (Fsp3) is 0.333. The number of alkyl halides is 1. The number of nitrogens with one attached hydrogen (secondary N) is 1. The molecule has 1 aromatic rings. The maximum Gasteiger partial charge on any atom is 0.116 e. The Labute approximate surface area is 92.2 Å². The number of aromatic hydroxyl groups is 1. The number of fused-ring (bicyclic) bond motifs is 1. The summed E-state index contributed by atoms with van der Waals surface area (Å²) >= 11 is 7.24. The summed E-state index contributed by atoms with van der Waals surface area (Å²) in [6.45, 7) is 1.60. The third-order valence-electron chi connectivity index (χ3n) is 2.08. The van der Waals surface area contributed by atoms with Crippen LogP contribution in [0.2, 0.25) is 0 Å². The predicted octanol–water partition coefficient (Wildman–Crippen LogP) is 2.01. The van der Waals surface area contributed by atoms with Crippen molar-refractivity contribution in [2.45, 2.75) is 4.90 Å². The smallest absolute Gasteiger partial charge is 0.116 e. The Morgan fingerprint density at radius 2 is 2.43 bits per heavy atom. The molecule has 1 aromatic carbocycles. The number of hydrogen-bond acceptors (Lipinski definition) is 4. The van der Waals surface area contributed by atoms with Crippen molar-refractivity contribution >= 4 is 29.2 Å². The van der Waals surface area contributed by atoms with Crippen molar-refractivity contribution in [2.75, 3.05) is 24.0 Å². The van der Waals surface area contributed by atoms with Gasteiger partial charge in [0.05, 0.1) is 12.4 Å². The molecule has 0 unspecified atom stereocenters. The Morgan fingerprint density at radius 1 is 1.57 bits per heavy atom. The van der Waals surface area contributed by atoms with Crippen molar-refractivity contribution in [1.29, 1.82) is 0 Å². The van der Waals surface area contributed by atoms with E-state index in [0.29, 0.717) is 11.6 Å². The van der Waals surface area contributed by atoms with Gasteiger partial charge in [-0.15, -0.1) is 11.6 Å². The lowest BCUT2D eigenvalue weighted by atomic mass is 10.2. The van der Waals surface area contributed by atoms with Crippen LogP contribution >= 0.6 is 23.5 Å². The van der Waals surface area contributed by atoms with Crippen molar-refractivity contribution in [1.82, 2.24) is 4.72 Å². The zero-order valence-electron chi connectivity index (χ0n) is 7.53. The lowest BCUT2D eigenvalue weighted by molar-refractivity contribution is 0.473. The molecule has 3 nitrogen and oxygen atoms in total. The molecule has 1 aliphatic heterocycles. The first-order valence-corrected chi connectivity index (χ1v) is 5.70.